The zero-order valence-corrected chi connectivity index (χ0v) is 14.5. The van der Waals surface area contributed by atoms with Gasteiger partial charge in [0.2, 0.25) is 5.91 Å². The van der Waals surface area contributed by atoms with Crippen molar-refractivity contribution >= 4 is 16.8 Å². The molecule has 2 heterocycles. The van der Waals surface area contributed by atoms with Crippen LogP contribution in [0.2, 0.25) is 0 Å². The van der Waals surface area contributed by atoms with Gasteiger partial charge in [-0.2, -0.15) is 4.98 Å². The predicted octanol–water partition coefficient (Wildman–Crippen LogP) is 3.72. The lowest BCUT2D eigenvalue weighted by Gasteiger charge is -2.34. The average molecular weight is 354 g/mol. The smallest absolute Gasteiger partial charge is 0.259 e. The van der Waals surface area contributed by atoms with Crippen LogP contribution in [0.1, 0.15) is 44.9 Å². The molecule has 1 aliphatic carbocycles. The highest BCUT2D eigenvalue weighted by atomic mass is 19.1. The van der Waals surface area contributed by atoms with E-state index in [0.717, 1.165) is 32.1 Å². The Labute approximate surface area is 149 Å². The standard InChI is InChI=1S/C19H19FN4O2/c1-12(25)23-19(8-3-2-4-9-19)18-22-17(26-24-18)14-10-13-6-5-7-15(20)16(13)21-11-14/h5-7,10-11H,2-4,8-9H2,1H3,(H,23,25). The molecule has 1 N–H and O–H groups in total. The molecule has 0 saturated heterocycles. The van der Waals surface area contributed by atoms with Crippen molar-refractivity contribution in [3.8, 4) is 11.5 Å². The Hall–Kier alpha value is -2.83. The van der Waals surface area contributed by atoms with Crippen molar-refractivity contribution in [2.24, 2.45) is 0 Å². The first-order chi connectivity index (χ1) is 12.6. The van der Waals surface area contributed by atoms with Crippen LogP contribution in [0, 0.1) is 5.82 Å². The molecule has 0 spiro atoms. The van der Waals surface area contributed by atoms with Crippen molar-refractivity contribution < 1.29 is 13.7 Å². The highest BCUT2D eigenvalue weighted by molar-refractivity contribution is 5.82. The van der Waals surface area contributed by atoms with Crippen LogP contribution in [0.4, 0.5) is 4.39 Å². The molecule has 0 radical (unpaired) electrons. The fourth-order valence-corrected chi connectivity index (χ4v) is 3.67. The second-order valence-corrected chi connectivity index (χ2v) is 6.78. The third-order valence-electron chi connectivity index (χ3n) is 4.89. The van der Waals surface area contributed by atoms with Gasteiger partial charge in [-0.3, -0.25) is 9.78 Å². The zero-order valence-electron chi connectivity index (χ0n) is 14.5. The normalized spacial score (nSPS) is 16.5. The molecule has 6 nitrogen and oxygen atoms in total. The van der Waals surface area contributed by atoms with Crippen molar-refractivity contribution in [1.82, 2.24) is 20.4 Å². The lowest BCUT2D eigenvalue weighted by molar-refractivity contribution is -0.121. The molecular weight excluding hydrogens is 335 g/mol. The van der Waals surface area contributed by atoms with Crippen LogP contribution in [-0.4, -0.2) is 21.0 Å². The maximum Gasteiger partial charge on any atom is 0.259 e. The van der Waals surface area contributed by atoms with Gasteiger partial charge >= 0.3 is 0 Å². The van der Waals surface area contributed by atoms with Gasteiger partial charge in [0.05, 0.1) is 5.56 Å². The minimum atomic E-state index is -0.581. The van der Waals surface area contributed by atoms with Crippen molar-refractivity contribution in [2.75, 3.05) is 0 Å². The monoisotopic (exact) mass is 354 g/mol. The highest BCUT2D eigenvalue weighted by Crippen LogP contribution is 2.36. The van der Waals surface area contributed by atoms with Gasteiger partial charge < -0.3 is 9.84 Å². The molecule has 1 amide bonds. The highest BCUT2D eigenvalue weighted by Gasteiger charge is 2.39. The summed E-state index contributed by atoms with van der Waals surface area (Å²) >= 11 is 0. The maximum absolute atomic E-state index is 13.8. The lowest BCUT2D eigenvalue weighted by Crippen LogP contribution is -2.47. The number of rotatable bonds is 3. The van der Waals surface area contributed by atoms with Crippen LogP contribution < -0.4 is 5.32 Å². The number of carbonyl (C=O) groups excluding carboxylic acids is 1. The molecule has 4 rings (SSSR count). The molecule has 1 aliphatic rings. The van der Waals surface area contributed by atoms with Gasteiger partial charge in [-0.25, -0.2) is 4.39 Å². The average Bonchev–Trinajstić information content (AvgIpc) is 3.13. The van der Waals surface area contributed by atoms with Gasteiger partial charge in [0.25, 0.3) is 5.89 Å². The molecule has 26 heavy (non-hydrogen) atoms. The van der Waals surface area contributed by atoms with Gasteiger partial charge in [0, 0.05) is 18.5 Å². The Balaban J connectivity index is 1.72. The molecule has 0 unspecified atom stereocenters. The topological polar surface area (TPSA) is 80.9 Å². The van der Waals surface area contributed by atoms with E-state index in [1.54, 1.807) is 18.2 Å². The number of para-hydroxylation sites is 1. The summed E-state index contributed by atoms with van der Waals surface area (Å²) in [6.45, 7) is 1.50. The number of hydrogen-bond donors (Lipinski definition) is 1. The van der Waals surface area contributed by atoms with E-state index in [1.807, 2.05) is 0 Å². The van der Waals surface area contributed by atoms with Crippen LogP contribution in [0.25, 0.3) is 22.4 Å². The first kappa shape index (κ1) is 16.6. The Morgan fingerprint density at radius 1 is 1.27 bits per heavy atom. The van der Waals surface area contributed by atoms with Gasteiger partial charge in [-0.15, -0.1) is 0 Å². The van der Waals surface area contributed by atoms with Crippen LogP contribution in [0.5, 0.6) is 0 Å². The van der Waals surface area contributed by atoms with E-state index in [4.69, 9.17) is 4.52 Å². The molecule has 134 valence electrons. The Morgan fingerprint density at radius 2 is 2.08 bits per heavy atom. The number of nitrogens with one attached hydrogen (secondary N) is 1. The molecule has 1 saturated carbocycles. The lowest BCUT2D eigenvalue weighted by atomic mass is 9.81. The largest absolute Gasteiger partial charge is 0.343 e. The van der Waals surface area contributed by atoms with Gasteiger partial charge in [-0.1, -0.05) is 36.6 Å². The zero-order chi connectivity index (χ0) is 18.1. The Bertz CT molecular complexity index is 963. The molecule has 2 aromatic heterocycles. The molecule has 1 aromatic carbocycles. The van der Waals surface area contributed by atoms with E-state index in [2.05, 4.69) is 20.4 Å². The molecule has 0 aliphatic heterocycles. The van der Waals surface area contributed by atoms with Gasteiger partial charge in [0.1, 0.15) is 16.9 Å². The van der Waals surface area contributed by atoms with Crippen LogP contribution in [-0.2, 0) is 10.3 Å². The second-order valence-electron chi connectivity index (χ2n) is 6.78. The van der Waals surface area contributed by atoms with E-state index >= 15 is 0 Å². The summed E-state index contributed by atoms with van der Waals surface area (Å²) in [5.41, 5.74) is 0.344. The number of pyridine rings is 1. The van der Waals surface area contributed by atoms with Crippen LogP contribution in [0.3, 0.4) is 0 Å². The number of hydrogen-bond acceptors (Lipinski definition) is 5. The summed E-state index contributed by atoms with van der Waals surface area (Å²) in [6, 6.07) is 6.57. The van der Waals surface area contributed by atoms with Crippen LogP contribution >= 0.6 is 0 Å². The third-order valence-corrected chi connectivity index (χ3v) is 4.89. The summed E-state index contributed by atoms with van der Waals surface area (Å²) in [5.74, 6) is 0.323. The molecule has 7 heteroatoms. The predicted molar refractivity (Wildman–Crippen MR) is 93.6 cm³/mol. The number of aromatic nitrogens is 3. The molecule has 0 bridgehead atoms. The van der Waals surface area contributed by atoms with E-state index in [1.165, 1.54) is 19.2 Å². The van der Waals surface area contributed by atoms with E-state index in [-0.39, 0.29) is 11.7 Å². The second kappa shape index (κ2) is 6.48. The number of carbonyl (C=O) groups is 1. The Morgan fingerprint density at radius 3 is 2.85 bits per heavy atom. The number of benzene rings is 1. The summed E-state index contributed by atoms with van der Waals surface area (Å²) in [7, 11) is 0. The molecule has 0 atom stereocenters. The summed E-state index contributed by atoms with van der Waals surface area (Å²) < 4.78 is 19.2. The summed E-state index contributed by atoms with van der Waals surface area (Å²) in [4.78, 5) is 20.4. The molecular formula is C19H19FN4O2. The van der Waals surface area contributed by atoms with Crippen molar-refractivity contribution in [3.05, 3.63) is 42.1 Å². The summed E-state index contributed by atoms with van der Waals surface area (Å²) in [6.07, 6.45) is 6.22. The van der Waals surface area contributed by atoms with Crippen LogP contribution in [0.15, 0.2) is 35.0 Å². The Kier molecular flexibility index (Phi) is 4.14. The van der Waals surface area contributed by atoms with Crippen molar-refractivity contribution in [2.45, 2.75) is 44.6 Å². The van der Waals surface area contributed by atoms with Gasteiger partial charge in [0.15, 0.2) is 5.82 Å². The first-order valence-corrected chi connectivity index (χ1v) is 8.75. The molecule has 3 aromatic rings. The van der Waals surface area contributed by atoms with E-state index < -0.39 is 5.54 Å². The van der Waals surface area contributed by atoms with Gasteiger partial charge in [-0.05, 0) is 25.0 Å². The SMILES string of the molecule is CC(=O)NC1(c2noc(-c3cnc4c(F)cccc4c3)n2)CCCCC1. The first-order valence-electron chi connectivity index (χ1n) is 8.75. The minimum Gasteiger partial charge on any atom is -0.343 e. The number of amides is 1. The quantitative estimate of drug-likeness (QED) is 0.775. The number of halogens is 1. The summed E-state index contributed by atoms with van der Waals surface area (Å²) in [5, 5.41) is 7.82. The number of fused-ring (bicyclic) bond motifs is 1. The van der Waals surface area contributed by atoms with Crippen molar-refractivity contribution in [1.29, 1.82) is 0 Å². The number of nitrogens with zero attached hydrogens (tertiary/aromatic N) is 3. The van der Waals surface area contributed by atoms with E-state index in [9.17, 15) is 9.18 Å². The fourth-order valence-electron chi connectivity index (χ4n) is 3.67. The van der Waals surface area contributed by atoms with E-state index in [0.29, 0.717) is 28.2 Å². The third kappa shape index (κ3) is 2.94. The molecule has 1 fully saturated rings. The fraction of sp³-hybridized carbons (Fsp3) is 0.368. The maximum atomic E-state index is 13.8. The van der Waals surface area contributed by atoms with Crippen molar-refractivity contribution in [3.63, 3.8) is 0 Å². The minimum absolute atomic E-state index is 0.110.